The predicted molar refractivity (Wildman–Crippen MR) is 126 cm³/mol. The fraction of sp³-hybridized carbons (Fsp3) is 0.400. The maximum atomic E-state index is 12.1. The number of amides is 1. The van der Waals surface area contributed by atoms with Crippen LogP contribution in [0.5, 0.6) is 0 Å². The summed E-state index contributed by atoms with van der Waals surface area (Å²) >= 11 is 1.72. The molecule has 29 heavy (non-hydrogen) atoms. The fourth-order valence-electron chi connectivity index (χ4n) is 2.85. The van der Waals surface area contributed by atoms with Gasteiger partial charge in [-0.2, -0.15) is 0 Å². The van der Waals surface area contributed by atoms with Crippen molar-refractivity contribution in [2.24, 2.45) is 0 Å². The molecule has 0 aliphatic carbocycles. The number of benzene rings is 2. The first-order chi connectivity index (χ1) is 13.8. The van der Waals surface area contributed by atoms with E-state index in [1.807, 2.05) is 24.3 Å². The van der Waals surface area contributed by atoms with E-state index in [9.17, 15) is 4.79 Å². The SMILES string of the molecule is CN(C)CCCCNC(=O)/C=C/c1ccccc1Sc1ccc(C(C)(C)C)cc1. The highest BCUT2D eigenvalue weighted by Gasteiger charge is 2.13. The summed E-state index contributed by atoms with van der Waals surface area (Å²) in [6, 6.07) is 16.9. The van der Waals surface area contributed by atoms with Crippen molar-refractivity contribution in [3.05, 3.63) is 65.7 Å². The molecule has 1 amide bonds. The van der Waals surface area contributed by atoms with Crippen molar-refractivity contribution in [2.75, 3.05) is 27.2 Å². The third-order valence-corrected chi connectivity index (χ3v) is 5.71. The van der Waals surface area contributed by atoms with Crippen LogP contribution in [0.1, 0.15) is 44.7 Å². The van der Waals surface area contributed by atoms with Gasteiger partial charge in [0.1, 0.15) is 0 Å². The zero-order valence-corrected chi connectivity index (χ0v) is 19.2. The van der Waals surface area contributed by atoms with E-state index in [0.29, 0.717) is 6.54 Å². The molecule has 1 N–H and O–H groups in total. The minimum absolute atomic E-state index is 0.0378. The summed E-state index contributed by atoms with van der Waals surface area (Å²) in [5.41, 5.74) is 2.54. The second kappa shape index (κ2) is 11.2. The van der Waals surface area contributed by atoms with Crippen molar-refractivity contribution in [2.45, 2.75) is 48.8 Å². The average molecular weight is 411 g/mol. The topological polar surface area (TPSA) is 32.3 Å². The molecule has 0 bridgehead atoms. The maximum Gasteiger partial charge on any atom is 0.243 e. The average Bonchev–Trinajstić information content (AvgIpc) is 2.66. The highest BCUT2D eigenvalue weighted by Crippen LogP contribution is 2.32. The molecule has 3 nitrogen and oxygen atoms in total. The van der Waals surface area contributed by atoms with Gasteiger partial charge in [-0.25, -0.2) is 0 Å². The van der Waals surface area contributed by atoms with Gasteiger partial charge in [-0.15, -0.1) is 0 Å². The van der Waals surface area contributed by atoms with E-state index in [-0.39, 0.29) is 11.3 Å². The Labute approximate surface area is 180 Å². The second-order valence-corrected chi connectivity index (χ2v) is 9.66. The van der Waals surface area contributed by atoms with Crippen molar-refractivity contribution in [1.82, 2.24) is 10.2 Å². The van der Waals surface area contributed by atoms with Crippen LogP contribution in [-0.2, 0) is 10.2 Å². The van der Waals surface area contributed by atoms with Gasteiger partial charge in [0.15, 0.2) is 0 Å². The van der Waals surface area contributed by atoms with Crippen LogP contribution in [0.25, 0.3) is 6.08 Å². The molecule has 0 radical (unpaired) electrons. The maximum absolute atomic E-state index is 12.1. The third-order valence-electron chi connectivity index (χ3n) is 4.61. The molecular weight excluding hydrogens is 376 g/mol. The van der Waals surface area contributed by atoms with Gasteiger partial charge in [0.05, 0.1) is 0 Å². The molecule has 2 rings (SSSR count). The van der Waals surface area contributed by atoms with Crippen LogP contribution in [0.15, 0.2) is 64.4 Å². The van der Waals surface area contributed by atoms with E-state index in [1.54, 1.807) is 17.8 Å². The van der Waals surface area contributed by atoms with E-state index in [4.69, 9.17) is 0 Å². The van der Waals surface area contributed by atoms with Crippen LogP contribution in [-0.4, -0.2) is 38.0 Å². The number of carbonyl (C=O) groups excluding carboxylic acids is 1. The first-order valence-corrected chi connectivity index (χ1v) is 11.1. The first kappa shape index (κ1) is 23.2. The summed E-state index contributed by atoms with van der Waals surface area (Å²) in [7, 11) is 4.13. The van der Waals surface area contributed by atoms with E-state index in [2.05, 4.69) is 75.4 Å². The van der Waals surface area contributed by atoms with E-state index in [1.165, 1.54) is 10.5 Å². The number of hydrogen-bond donors (Lipinski definition) is 1. The van der Waals surface area contributed by atoms with Gasteiger partial charge in [-0.1, -0.05) is 62.9 Å². The molecule has 2 aromatic rings. The summed E-state index contributed by atoms with van der Waals surface area (Å²) in [5, 5.41) is 2.97. The van der Waals surface area contributed by atoms with E-state index in [0.717, 1.165) is 29.8 Å². The largest absolute Gasteiger partial charge is 0.353 e. The summed E-state index contributed by atoms with van der Waals surface area (Å²) in [5.74, 6) is -0.0378. The molecule has 0 spiro atoms. The molecule has 0 saturated carbocycles. The van der Waals surface area contributed by atoms with Gasteiger partial charge < -0.3 is 10.2 Å². The number of rotatable bonds is 9. The predicted octanol–water partition coefficient (Wildman–Crippen LogP) is 5.61. The Morgan fingerprint density at radius 3 is 2.38 bits per heavy atom. The minimum Gasteiger partial charge on any atom is -0.353 e. The number of hydrogen-bond acceptors (Lipinski definition) is 3. The number of nitrogens with one attached hydrogen (secondary N) is 1. The summed E-state index contributed by atoms with van der Waals surface area (Å²) in [6.45, 7) is 8.44. The summed E-state index contributed by atoms with van der Waals surface area (Å²) < 4.78 is 0. The molecule has 156 valence electrons. The van der Waals surface area contributed by atoms with Crippen molar-refractivity contribution < 1.29 is 4.79 Å². The molecule has 0 aliphatic rings. The highest BCUT2D eigenvalue weighted by atomic mass is 32.2. The fourth-order valence-corrected chi connectivity index (χ4v) is 3.78. The standard InChI is InChI=1S/C25H34N2OS/c1-25(2,3)21-13-15-22(16-14-21)29-23-11-7-6-10-20(23)12-17-24(28)26-18-8-9-19-27(4)5/h6-7,10-17H,8-9,18-19H2,1-5H3,(H,26,28)/b17-12+. The van der Waals surface area contributed by atoms with Gasteiger partial charge in [0.25, 0.3) is 0 Å². The number of nitrogens with zero attached hydrogens (tertiary/aromatic N) is 1. The summed E-state index contributed by atoms with van der Waals surface area (Å²) in [6.07, 6.45) is 5.62. The monoisotopic (exact) mass is 410 g/mol. The van der Waals surface area contributed by atoms with Gasteiger partial charge in [0, 0.05) is 22.4 Å². The minimum atomic E-state index is -0.0378. The lowest BCUT2D eigenvalue weighted by molar-refractivity contribution is -0.116. The molecule has 0 atom stereocenters. The van der Waals surface area contributed by atoms with Crippen LogP contribution in [0.3, 0.4) is 0 Å². The molecule has 0 heterocycles. The molecule has 0 fully saturated rings. The van der Waals surface area contributed by atoms with Crippen LogP contribution >= 0.6 is 11.8 Å². The normalized spacial score (nSPS) is 11.9. The summed E-state index contributed by atoms with van der Waals surface area (Å²) in [4.78, 5) is 16.6. The van der Waals surface area contributed by atoms with Gasteiger partial charge in [0.2, 0.25) is 5.91 Å². The number of carbonyl (C=O) groups is 1. The molecular formula is C25H34N2OS. The van der Waals surface area contributed by atoms with Crippen LogP contribution < -0.4 is 5.32 Å². The van der Waals surface area contributed by atoms with Gasteiger partial charge in [-0.3, -0.25) is 4.79 Å². The quantitative estimate of drug-likeness (QED) is 0.431. The lowest BCUT2D eigenvalue weighted by Gasteiger charge is -2.19. The molecule has 4 heteroatoms. The van der Waals surface area contributed by atoms with Crippen molar-refractivity contribution in [3.8, 4) is 0 Å². The molecule has 2 aromatic carbocycles. The van der Waals surface area contributed by atoms with Crippen molar-refractivity contribution in [3.63, 3.8) is 0 Å². The Kier molecular flexibility index (Phi) is 8.99. The molecule has 0 unspecified atom stereocenters. The van der Waals surface area contributed by atoms with Crippen LogP contribution in [0.4, 0.5) is 0 Å². The molecule has 0 aliphatic heterocycles. The Balaban J connectivity index is 1.94. The number of unbranched alkanes of at least 4 members (excludes halogenated alkanes) is 1. The van der Waals surface area contributed by atoms with Gasteiger partial charge in [-0.05, 0) is 74.3 Å². The highest BCUT2D eigenvalue weighted by molar-refractivity contribution is 7.99. The van der Waals surface area contributed by atoms with Crippen molar-refractivity contribution >= 4 is 23.7 Å². The van der Waals surface area contributed by atoms with E-state index < -0.39 is 0 Å². The van der Waals surface area contributed by atoms with Crippen LogP contribution in [0.2, 0.25) is 0 Å². The Morgan fingerprint density at radius 2 is 1.72 bits per heavy atom. The van der Waals surface area contributed by atoms with Gasteiger partial charge >= 0.3 is 0 Å². The smallest absolute Gasteiger partial charge is 0.243 e. The Hall–Kier alpha value is -2.04. The lowest BCUT2D eigenvalue weighted by atomic mass is 9.87. The third kappa shape index (κ3) is 8.46. The zero-order chi connectivity index (χ0) is 21.3. The molecule has 0 saturated heterocycles. The first-order valence-electron chi connectivity index (χ1n) is 10.2. The molecule has 0 aromatic heterocycles. The van der Waals surface area contributed by atoms with Crippen molar-refractivity contribution in [1.29, 1.82) is 0 Å². The zero-order valence-electron chi connectivity index (χ0n) is 18.4. The van der Waals surface area contributed by atoms with E-state index >= 15 is 0 Å². The Bertz CT molecular complexity index is 804. The van der Waals surface area contributed by atoms with Crippen LogP contribution in [0, 0.1) is 0 Å². The second-order valence-electron chi connectivity index (χ2n) is 8.55. The Morgan fingerprint density at radius 1 is 1.03 bits per heavy atom. The lowest BCUT2D eigenvalue weighted by Crippen LogP contribution is -2.23.